The molecular formula is C22H19ClF3N5O4. The summed E-state index contributed by atoms with van der Waals surface area (Å²) in [6, 6.07) is 8.56. The maximum Gasteiger partial charge on any atom is 0.573 e. The molecule has 0 atom stereocenters. The fourth-order valence-electron chi connectivity index (χ4n) is 3.68. The number of halogens is 4. The molecule has 0 aliphatic rings. The zero-order chi connectivity index (χ0) is 25.3. The van der Waals surface area contributed by atoms with E-state index in [9.17, 15) is 27.9 Å². The Balaban J connectivity index is 2.03. The highest BCUT2D eigenvalue weighted by atomic mass is 35.5. The van der Waals surface area contributed by atoms with Gasteiger partial charge in [0.05, 0.1) is 22.8 Å². The Morgan fingerprint density at radius 1 is 1.11 bits per heavy atom. The lowest BCUT2D eigenvalue weighted by atomic mass is 10.2. The Kier molecular flexibility index (Phi) is 6.68. The van der Waals surface area contributed by atoms with Gasteiger partial charge in [0.15, 0.2) is 11.2 Å². The molecule has 0 aliphatic carbocycles. The molecule has 1 N–H and O–H groups in total. The van der Waals surface area contributed by atoms with E-state index >= 15 is 0 Å². The Morgan fingerprint density at radius 3 is 2.51 bits per heavy atom. The van der Waals surface area contributed by atoms with Crippen molar-refractivity contribution in [3.63, 3.8) is 0 Å². The fraction of sp³-hybridized carbons (Fsp3) is 0.273. The summed E-state index contributed by atoms with van der Waals surface area (Å²) in [7, 11) is 1.40. The predicted octanol–water partition coefficient (Wildman–Crippen LogP) is 2.94. The van der Waals surface area contributed by atoms with E-state index in [1.54, 1.807) is 12.1 Å². The van der Waals surface area contributed by atoms with E-state index in [-0.39, 0.29) is 48.7 Å². The third-order valence-corrected chi connectivity index (χ3v) is 5.46. The zero-order valence-corrected chi connectivity index (χ0v) is 19.0. The van der Waals surface area contributed by atoms with Gasteiger partial charge in [0.25, 0.3) is 5.56 Å². The molecule has 9 nitrogen and oxygen atoms in total. The number of hydrogen-bond donors (Lipinski definition) is 1. The van der Waals surface area contributed by atoms with Crippen LogP contribution in [0.5, 0.6) is 5.75 Å². The van der Waals surface area contributed by atoms with Crippen LogP contribution in [0.25, 0.3) is 22.6 Å². The highest BCUT2D eigenvalue weighted by Crippen LogP contribution is 2.34. The van der Waals surface area contributed by atoms with E-state index in [0.717, 1.165) is 15.2 Å². The van der Waals surface area contributed by atoms with Crippen molar-refractivity contribution >= 4 is 22.8 Å². The number of nitrogens with zero attached hydrogens (tertiary/aromatic N) is 5. The molecule has 0 bridgehead atoms. The van der Waals surface area contributed by atoms with Gasteiger partial charge >= 0.3 is 12.1 Å². The minimum Gasteiger partial charge on any atom is -0.405 e. The molecule has 4 aromatic rings. The zero-order valence-electron chi connectivity index (χ0n) is 18.3. The van der Waals surface area contributed by atoms with Crippen molar-refractivity contribution < 1.29 is 23.0 Å². The molecule has 0 fully saturated rings. The predicted molar refractivity (Wildman–Crippen MR) is 121 cm³/mol. The van der Waals surface area contributed by atoms with E-state index in [1.165, 1.54) is 36.0 Å². The normalized spacial score (nSPS) is 11.8. The maximum absolute atomic E-state index is 13.4. The Bertz CT molecular complexity index is 1490. The molecule has 0 spiro atoms. The number of para-hydroxylation sites is 1. The number of hydrogen-bond acceptors (Lipinski definition) is 6. The van der Waals surface area contributed by atoms with Gasteiger partial charge in [-0.25, -0.2) is 9.78 Å². The summed E-state index contributed by atoms with van der Waals surface area (Å²) in [6.45, 7) is -0.350. The third-order valence-electron chi connectivity index (χ3n) is 5.23. The van der Waals surface area contributed by atoms with E-state index in [0.29, 0.717) is 10.7 Å². The molecule has 0 radical (unpaired) electrons. The summed E-state index contributed by atoms with van der Waals surface area (Å²) in [4.78, 5) is 34.8. The molecule has 0 saturated carbocycles. The van der Waals surface area contributed by atoms with Gasteiger partial charge in [-0.15, -0.1) is 13.2 Å². The summed E-state index contributed by atoms with van der Waals surface area (Å²) >= 11 is 5.91. The quantitative estimate of drug-likeness (QED) is 0.411. The van der Waals surface area contributed by atoms with Crippen molar-refractivity contribution in [1.29, 1.82) is 0 Å². The molecule has 35 heavy (non-hydrogen) atoms. The van der Waals surface area contributed by atoms with Crippen molar-refractivity contribution in [1.82, 2.24) is 23.7 Å². The lowest BCUT2D eigenvalue weighted by Crippen LogP contribution is -2.40. The number of fused-ring (bicyclic) bond motifs is 1. The SMILES string of the molecule is Cn1c(=O)n(CCCO)c(=O)c2c1nc(-c1ccccc1OC(F)(F)F)n2Cc1ccc(Cl)cn1. The molecule has 3 aromatic heterocycles. The molecule has 13 heteroatoms. The first-order chi connectivity index (χ1) is 16.6. The van der Waals surface area contributed by atoms with Crippen LogP contribution in [-0.2, 0) is 20.1 Å². The first-order valence-electron chi connectivity index (χ1n) is 10.4. The highest BCUT2D eigenvalue weighted by molar-refractivity contribution is 6.30. The Labute approximate surface area is 200 Å². The minimum absolute atomic E-state index is 0.0152. The van der Waals surface area contributed by atoms with Crippen LogP contribution in [0.1, 0.15) is 12.1 Å². The summed E-state index contributed by atoms with van der Waals surface area (Å²) in [5, 5.41) is 9.55. The summed E-state index contributed by atoms with van der Waals surface area (Å²) in [5.74, 6) is -0.546. The Hall–Kier alpha value is -3.64. The minimum atomic E-state index is -4.96. The molecule has 0 unspecified atom stereocenters. The molecule has 184 valence electrons. The van der Waals surface area contributed by atoms with Gasteiger partial charge < -0.3 is 14.4 Å². The first-order valence-corrected chi connectivity index (χ1v) is 10.7. The van der Waals surface area contributed by atoms with Crippen LogP contribution >= 0.6 is 11.6 Å². The summed E-state index contributed by atoms with van der Waals surface area (Å²) in [6.07, 6.45) is -3.41. The topological polar surface area (TPSA) is 104 Å². The van der Waals surface area contributed by atoms with Crippen molar-refractivity contribution in [2.75, 3.05) is 6.61 Å². The van der Waals surface area contributed by atoms with Gasteiger partial charge in [0.2, 0.25) is 0 Å². The second-order valence-corrected chi connectivity index (χ2v) is 8.02. The van der Waals surface area contributed by atoms with Crippen LogP contribution in [0.2, 0.25) is 5.02 Å². The van der Waals surface area contributed by atoms with Gasteiger partial charge in [-0.2, -0.15) is 0 Å². The number of aryl methyl sites for hydroxylation is 1. The van der Waals surface area contributed by atoms with Gasteiger partial charge in [-0.05, 0) is 30.7 Å². The standard InChI is InChI=1S/C22H19ClF3N5O4/c1-29-19-17(20(33)30(21(29)34)9-4-10-32)31(12-14-8-7-13(23)11-27-14)18(28-19)15-5-2-3-6-16(15)35-22(24,25)26/h2-3,5-8,11,32H,4,9-10,12H2,1H3. The van der Waals surface area contributed by atoms with Gasteiger partial charge in [0.1, 0.15) is 11.6 Å². The number of imidazole rings is 1. The maximum atomic E-state index is 13.4. The number of alkyl halides is 3. The number of pyridine rings is 1. The number of ether oxygens (including phenoxy) is 1. The number of aromatic nitrogens is 5. The van der Waals surface area contributed by atoms with Crippen molar-refractivity contribution in [2.45, 2.75) is 25.9 Å². The average molecular weight is 510 g/mol. The number of rotatable bonds is 7. The third kappa shape index (κ3) is 4.93. The van der Waals surface area contributed by atoms with Crippen LogP contribution in [0.15, 0.2) is 52.2 Å². The van der Waals surface area contributed by atoms with Crippen molar-refractivity contribution in [3.05, 3.63) is 74.1 Å². The highest BCUT2D eigenvalue weighted by Gasteiger charge is 2.33. The molecule has 4 rings (SSSR count). The van der Waals surface area contributed by atoms with Crippen LogP contribution in [-0.4, -0.2) is 41.7 Å². The van der Waals surface area contributed by atoms with Crippen LogP contribution in [0.4, 0.5) is 13.2 Å². The molecular weight excluding hydrogens is 491 g/mol. The lowest BCUT2D eigenvalue weighted by molar-refractivity contribution is -0.274. The second kappa shape index (κ2) is 9.55. The van der Waals surface area contributed by atoms with Crippen LogP contribution in [0, 0.1) is 0 Å². The van der Waals surface area contributed by atoms with Crippen LogP contribution in [0.3, 0.4) is 0 Å². The first kappa shape index (κ1) is 24.5. The van der Waals surface area contributed by atoms with Gasteiger partial charge in [0, 0.05) is 26.4 Å². The molecule has 0 saturated heterocycles. The van der Waals surface area contributed by atoms with E-state index in [2.05, 4.69) is 14.7 Å². The van der Waals surface area contributed by atoms with Gasteiger partial charge in [-0.3, -0.25) is 18.9 Å². The van der Waals surface area contributed by atoms with Crippen LogP contribution < -0.4 is 16.0 Å². The van der Waals surface area contributed by atoms with E-state index < -0.39 is 23.4 Å². The molecule has 1 aromatic carbocycles. The monoisotopic (exact) mass is 509 g/mol. The second-order valence-electron chi connectivity index (χ2n) is 7.58. The average Bonchev–Trinajstić information content (AvgIpc) is 3.17. The number of aliphatic hydroxyl groups is 1. The molecule has 0 amide bonds. The lowest BCUT2D eigenvalue weighted by Gasteiger charge is -2.14. The molecule has 0 aliphatic heterocycles. The van der Waals surface area contributed by atoms with Crippen molar-refractivity contribution in [2.24, 2.45) is 7.05 Å². The van der Waals surface area contributed by atoms with Crippen molar-refractivity contribution in [3.8, 4) is 17.1 Å². The summed E-state index contributed by atoms with van der Waals surface area (Å²) < 4.78 is 46.9. The van der Waals surface area contributed by atoms with E-state index in [1.807, 2.05) is 0 Å². The largest absolute Gasteiger partial charge is 0.573 e. The number of benzene rings is 1. The molecule has 3 heterocycles. The fourth-order valence-corrected chi connectivity index (χ4v) is 3.80. The van der Waals surface area contributed by atoms with Gasteiger partial charge in [-0.1, -0.05) is 23.7 Å². The summed E-state index contributed by atoms with van der Waals surface area (Å²) in [5.41, 5.74) is -0.997. The Morgan fingerprint density at radius 2 is 1.86 bits per heavy atom. The smallest absolute Gasteiger partial charge is 0.405 e. The number of aliphatic hydroxyl groups excluding tert-OH is 1. The van der Waals surface area contributed by atoms with E-state index in [4.69, 9.17) is 11.6 Å².